The summed E-state index contributed by atoms with van der Waals surface area (Å²) in [4.78, 5) is 22.5. The third-order valence-electron chi connectivity index (χ3n) is 3.57. The predicted octanol–water partition coefficient (Wildman–Crippen LogP) is 0.515. The van der Waals surface area contributed by atoms with Gasteiger partial charge in [0.2, 0.25) is 0 Å². The molecule has 1 aliphatic rings. The zero-order valence-electron chi connectivity index (χ0n) is 11.5. The summed E-state index contributed by atoms with van der Waals surface area (Å²) in [7, 11) is 1.85. The molecule has 1 aromatic heterocycles. The quantitative estimate of drug-likeness (QED) is 0.732. The van der Waals surface area contributed by atoms with Crippen LogP contribution >= 0.6 is 0 Å². The van der Waals surface area contributed by atoms with Crippen LogP contribution in [0.5, 0.6) is 0 Å². The zero-order chi connectivity index (χ0) is 14.5. The molecule has 1 heterocycles. The van der Waals surface area contributed by atoms with Crippen LogP contribution < -0.4 is 10.6 Å². The van der Waals surface area contributed by atoms with E-state index in [4.69, 9.17) is 5.11 Å². The number of carboxylic acid groups (broad SMARTS) is 1. The van der Waals surface area contributed by atoms with Crippen molar-refractivity contribution in [2.45, 2.75) is 31.7 Å². The molecule has 1 saturated carbocycles. The maximum atomic E-state index is 11.7. The summed E-state index contributed by atoms with van der Waals surface area (Å²) >= 11 is 0. The van der Waals surface area contributed by atoms with Gasteiger partial charge in [-0.25, -0.2) is 4.79 Å². The molecule has 2 unspecified atom stereocenters. The highest BCUT2D eigenvalue weighted by atomic mass is 16.4. The second-order valence-corrected chi connectivity index (χ2v) is 5.22. The van der Waals surface area contributed by atoms with Crippen molar-refractivity contribution in [1.82, 2.24) is 20.4 Å². The average molecular weight is 280 g/mol. The highest BCUT2D eigenvalue weighted by molar-refractivity contribution is 5.75. The number of aliphatic carboxylic acids is 1. The fourth-order valence-electron chi connectivity index (χ4n) is 2.49. The van der Waals surface area contributed by atoms with Gasteiger partial charge in [-0.2, -0.15) is 5.10 Å². The highest BCUT2D eigenvalue weighted by Crippen LogP contribution is 2.25. The first-order chi connectivity index (χ1) is 9.54. The molecule has 2 rings (SSSR count). The van der Waals surface area contributed by atoms with E-state index in [1.165, 1.54) is 0 Å². The number of aryl methyl sites for hydroxylation is 1. The molecule has 1 fully saturated rings. The number of rotatable bonds is 5. The largest absolute Gasteiger partial charge is 0.481 e. The number of aromatic nitrogens is 2. The van der Waals surface area contributed by atoms with Gasteiger partial charge in [0, 0.05) is 25.8 Å². The molecule has 20 heavy (non-hydrogen) atoms. The smallest absolute Gasteiger partial charge is 0.315 e. The lowest BCUT2D eigenvalue weighted by atomic mass is 10.1. The van der Waals surface area contributed by atoms with E-state index in [2.05, 4.69) is 15.7 Å². The fourth-order valence-corrected chi connectivity index (χ4v) is 2.49. The van der Waals surface area contributed by atoms with Crippen molar-refractivity contribution in [3.8, 4) is 0 Å². The second-order valence-electron chi connectivity index (χ2n) is 5.22. The SMILES string of the molecule is Cn1cc(CCNC(=O)NC2CCC(C(=O)O)C2)cn1. The Labute approximate surface area is 117 Å². The number of hydrogen-bond donors (Lipinski definition) is 3. The van der Waals surface area contributed by atoms with Crippen LogP contribution in [0.4, 0.5) is 4.79 Å². The van der Waals surface area contributed by atoms with Crippen molar-refractivity contribution in [1.29, 1.82) is 0 Å². The van der Waals surface area contributed by atoms with E-state index in [0.29, 0.717) is 19.4 Å². The fraction of sp³-hybridized carbons (Fsp3) is 0.615. The van der Waals surface area contributed by atoms with Gasteiger partial charge in [0.05, 0.1) is 12.1 Å². The molecule has 7 heteroatoms. The standard InChI is InChI=1S/C13H20N4O3/c1-17-8-9(7-15-17)4-5-14-13(20)16-11-3-2-10(6-11)12(18)19/h7-8,10-11H,2-6H2,1H3,(H,18,19)(H2,14,16,20). The molecule has 0 aromatic carbocycles. The molecule has 0 saturated heterocycles. The molecule has 2 atom stereocenters. The van der Waals surface area contributed by atoms with Crippen molar-refractivity contribution in [2.75, 3.05) is 6.54 Å². The molecule has 1 aromatic rings. The topological polar surface area (TPSA) is 96.2 Å². The number of nitrogens with zero attached hydrogens (tertiary/aromatic N) is 2. The normalized spacial score (nSPS) is 21.6. The predicted molar refractivity (Wildman–Crippen MR) is 72.2 cm³/mol. The summed E-state index contributed by atoms with van der Waals surface area (Å²) in [5, 5.41) is 18.6. The summed E-state index contributed by atoms with van der Waals surface area (Å²) in [5.74, 6) is -1.10. The first kappa shape index (κ1) is 14.4. The van der Waals surface area contributed by atoms with Gasteiger partial charge in [-0.05, 0) is 31.2 Å². The number of nitrogens with one attached hydrogen (secondary N) is 2. The van der Waals surface area contributed by atoms with Gasteiger partial charge in [0.25, 0.3) is 0 Å². The molecule has 1 aliphatic carbocycles. The van der Waals surface area contributed by atoms with Crippen LogP contribution in [0.3, 0.4) is 0 Å². The summed E-state index contributed by atoms with van der Waals surface area (Å²) in [6.45, 7) is 0.534. The monoisotopic (exact) mass is 280 g/mol. The number of amides is 2. The van der Waals surface area contributed by atoms with Crippen LogP contribution in [0.2, 0.25) is 0 Å². The second kappa shape index (κ2) is 6.40. The molecular weight excluding hydrogens is 260 g/mol. The Bertz CT molecular complexity index is 486. The van der Waals surface area contributed by atoms with Crippen LogP contribution in [-0.2, 0) is 18.3 Å². The molecule has 2 amide bonds. The molecule has 0 spiro atoms. The summed E-state index contributed by atoms with van der Waals surface area (Å²) in [5.41, 5.74) is 1.07. The number of urea groups is 1. The van der Waals surface area contributed by atoms with Gasteiger partial charge in [0.15, 0.2) is 0 Å². The van der Waals surface area contributed by atoms with Crippen molar-refractivity contribution < 1.29 is 14.7 Å². The molecule has 0 aliphatic heterocycles. The Morgan fingerprint density at radius 2 is 2.30 bits per heavy atom. The van der Waals surface area contributed by atoms with Crippen LogP contribution in [0.1, 0.15) is 24.8 Å². The minimum Gasteiger partial charge on any atom is -0.481 e. The lowest BCUT2D eigenvalue weighted by Gasteiger charge is -2.13. The van der Waals surface area contributed by atoms with E-state index >= 15 is 0 Å². The lowest BCUT2D eigenvalue weighted by molar-refractivity contribution is -0.141. The van der Waals surface area contributed by atoms with Crippen molar-refractivity contribution in [3.63, 3.8) is 0 Å². The Morgan fingerprint density at radius 1 is 1.50 bits per heavy atom. The van der Waals surface area contributed by atoms with Crippen LogP contribution in [0.25, 0.3) is 0 Å². The number of hydrogen-bond acceptors (Lipinski definition) is 3. The van der Waals surface area contributed by atoms with E-state index in [1.807, 2.05) is 13.2 Å². The molecule has 7 nitrogen and oxygen atoms in total. The summed E-state index contributed by atoms with van der Waals surface area (Å²) in [6, 6.07) is -0.264. The van der Waals surface area contributed by atoms with Crippen molar-refractivity contribution in [2.24, 2.45) is 13.0 Å². The van der Waals surface area contributed by atoms with Crippen molar-refractivity contribution >= 4 is 12.0 Å². The number of carboxylic acids is 1. The maximum absolute atomic E-state index is 11.7. The molecule has 0 radical (unpaired) electrons. The zero-order valence-corrected chi connectivity index (χ0v) is 11.5. The van der Waals surface area contributed by atoms with Crippen LogP contribution in [-0.4, -0.2) is 39.5 Å². The van der Waals surface area contributed by atoms with E-state index in [9.17, 15) is 9.59 Å². The van der Waals surface area contributed by atoms with Gasteiger partial charge in [-0.15, -0.1) is 0 Å². The van der Waals surface area contributed by atoms with Gasteiger partial charge < -0.3 is 15.7 Å². The lowest BCUT2D eigenvalue weighted by Crippen LogP contribution is -2.41. The highest BCUT2D eigenvalue weighted by Gasteiger charge is 2.30. The van der Waals surface area contributed by atoms with Crippen molar-refractivity contribution in [3.05, 3.63) is 18.0 Å². The molecule has 3 N–H and O–H groups in total. The summed E-state index contributed by atoms with van der Waals surface area (Å²) < 4.78 is 1.72. The Morgan fingerprint density at radius 3 is 2.90 bits per heavy atom. The minimum atomic E-state index is -0.772. The van der Waals surface area contributed by atoms with E-state index < -0.39 is 5.97 Å². The first-order valence-electron chi connectivity index (χ1n) is 6.79. The van der Waals surface area contributed by atoms with Gasteiger partial charge in [0.1, 0.15) is 0 Å². The maximum Gasteiger partial charge on any atom is 0.315 e. The van der Waals surface area contributed by atoms with E-state index in [-0.39, 0.29) is 18.0 Å². The third kappa shape index (κ3) is 3.97. The first-order valence-corrected chi connectivity index (χ1v) is 6.79. The molecule has 0 bridgehead atoms. The van der Waals surface area contributed by atoms with Gasteiger partial charge in [-0.3, -0.25) is 9.48 Å². The van der Waals surface area contributed by atoms with Crippen LogP contribution in [0, 0.1) is 5.92 Å². The van der Waals surface area contributed by atoms with E-state index in [0.717, 1.165) is 18.4 Å². The molecular formula is C13H20N4O3. The Kier molecular flexibility index (Phi) is 4.60. The molecule has 110 valence electrons. The Hall–Kier alpha value is -2.05. The van der Waals surface area contributed by atoms with Crippen LogP contribution in [0.15, 0.2) is 12.4 Å². The Balaban J connectivity index is 1.65. The van der Waals surface area contributed by atoms with Gasteiger partial charge in [-0.1, -0.05) is 0 Å². The average Bonchev–Trinajstić information content (AvgIpc) is 2.99. The van der Waals surface area contributed by atoms with Gasteiger partial charge >= 0.3 is 12.0 Å². The van der Waals surface area contributed by atoms with E-state index in [1.54, 1.807) is 10.9 Å². The number of carbonyl (C=O) groups is 2. The summed E-state index contributed by atoms with van der Waals surface area (Å²) in [6.07, 6.45) is 6.29. The number of carbonyl (C=O) groups excluding carboxylic acids is 1. The third-order valence-corrected chi connectivity index (χ3v) is 3.57. The minimum absolute atomic E-state index is 0.0329.